The van der Waals surface area contributed by atoms with Gasteiger partial charge in [0.15, 0.2) is 0 Å². The number of hydrogen-bond donors (Lipinski definition) is 1. The Balaban J connectivity index is 2.18. The normalized spacial score (nSPS) is 11.3. The van der Waals surface area contributed by atoms with Gasteiger partial charge in [-0.3, -0.25) is 14.9 Å². The lowest BCUT2D eigenvalue weighted by Crippen LogP contribution is -2.19. The van der Waals surface area contributed by atoms with Crippen LogP contribution in [0.3, 0.4) is 0 Å². The zero-order chi connectivity index (χ0) is 19.3. The number of hydrazone groups is 1. The third-order valence-corrected chi connectivity index (χ3v) is 3.41. The Labute approximate surface area is 147 Å². The second kappa shape index (κ2) is 8.15. The molecule has 0 aliphatic heterocycles. The van der Waals surface area contributed by atoms with Gasteiger partial charge in [-0.2, -0.15) is 13.9 Å². The number of alkyl halides is 2. The minimum atomic E-state index is -2.99. The van der Waals surface area contributed by atoms with Crippen LogP contribution in [-0.4, -0.2) is 23.2 Å². The Morgan fingerprint density at radius 1 is 1.23 bits per heavy atom. The third-order valence-electron chi connectivity index (χ3n) is 3.41. The van der Waals surface area contributed by atoms with Crippen molar-refractivity contribution in [3.63, 3.8) is 0 Å². The molecule has 0 spiro atoms. The smallest absolute Gasteiger partial charge is 0.387 e. The molecule has 0 saturated carbocycles. The number of nitro groups is 1. The predicted octanol–water partition coefficient (Wildman–Crippen LogP) is 3.66. The van der Waals surface area contributed by atoms with Crippen LogP contribution in [0.25, 0.3) is 0 Å². The molecule has 9 heteroatoms. The first kappa shape index (κ1) is 19.0. The Kier molecular flexibility index (Phi) is 5.94. The fourth-order valence-corrected chi connectivity index (χ4v) is 2.12. The van der Waals surface area contributed by atoms with E-state index < -0.39 is 17.4 Å². The highest BCUT2D eigenvalue weighted by Crippen LogP contribution is 2.23. The van der Waals surface area contributed by atoms with Crippen molar-refractivity contribution < 1.29 is 23.2 Å². The number of aryl methyl sites for hydroxylation is 1. The lowest BCUT2D eigenvalue weighted by molar-refractivity contribution is -0.384. The summed E-state index contributed by atoms with van der Waals surface area (Å²) in [5, 5.41) is 14.5. The van der Waals surface area contributed by atoms with E-state index in [2.05, 4.69) is 15.3 Å². The van der Waals surface area contributed by atoms with E-state index in [1.54, 1.807) is 19.1 Å². The zero-order valence-electron chi connectivity index (χ0n) is 13.9. The van der Waals surface area contributed by atoms with Crippen LogP contribution in [0, 0.1) is 17.0 Å². The summed E-state index contributed by atoms with van der Waals surface area (Å²) < 4.78 is 29.5. The molecule has 7 nitrogen and oxygen atoms in total. The van der Waals surface area contributed by atoms with Crippen LogP contribution in [0.2, 0.25) is 0 Å². The van der Waals surface area contributed by atoms with E-state index in [1.165, 1.54) is 37.3 Å². The minimum Gasteiger partial charge on any atom is -0.434 e. The quantitative estimate of drug-likeness (QED) is 0.481. The monoisotopic (exact) mass is 363 g/mol. The first-order valence-electron chi connectivity index (χ1n) is 7.43. The standard InChI is InChI=1S/C17H15F2N3O4/c1-10-3-8-15(26-17(18)19)14(9-10)11(2)20-21-16(23)12-4-6-13(7-5-12)22(24)25/h3-9,17H,1-2H3,(H,21,23)/b20-11-. The van der Waals surface area contributed by atoms with Gasteiger partial charge in [0.2, 0.25) is 0 Å². The maximum Gasteiger partial charge on any atom is 0.387 e. The van der Waals surface area contributed by atoms with Gasteiger partial charge in [-0.05, 0) is 38.1 Å². The maximum absolute atomic E-state index is 12.5. The Hall–Kier alpha value is -3.36. The van der Waals surface area contributed by atoms with Crippen molar-refractivity contribution in [1.82, 2.24) is 5.43 Å². The number of ether oxygens (including phenoxy) is 1. The summed E-state index contributed by atoms with van der Waals surface area (Å²) in [6.07, 6.45) is 0. The number of nitrogens with zero attached hydrogens (tertiary/aromatic N) is 2. The number of benzene rings is 2. The molecule has 0 aromatic heterocycles. The van der Waals surface area contributed by atoms with E-state index in [1.807, 2.05) is 0 Å². The van der Waals surface area contributed by atoms with Gasteiger partial charge in [0.1, 0.15) is 5.75 Å². The summed E-state index contributed by atoms with van der Waals surface area (Å²) >= 11 is 0. The molecule has 0 unspecified atom stereocenters. The number of halogens is 2. The summed E-state index contributed by atoms with van der Waals surface area (Å²) in [5.41, 5.74) is 3.69. The van der Waals surface area contributed by atoms with Crippen molar-refractivity contribution >= 4 is 17.3 Å². The molecule has 1 amide bonds. The lowest BCUT2D eigenvalue weighted by atomic mass is 10.1. The van der Waals surface area contributed by atoms with E-state index >= 15 is 0 Å². The number of carbonyl (C=O) groups is 1. The molecule has 1 N–H and O–H groups in total. The molecule has 0 bridgehead atoms. The molecule has 26 heavy (non-hydrogen) atoms. The predicted molar refractivity (Wildman–Crippen MR) is 90.6 cm³/mol. The van der Waals surface area contributed by atoms with E-state index in [-0.39, 0.29) is 22.7 Å². The second-order valence-electron chi connectivity index (χ2n) is 5.32. The number of carbonyl (C=O) groups excluding carboxylic acids is 1. The van der Waals surface area contributed by atoms with E-state index in [0.717, 1.165) is 5.56 Å². The zero-order valence-corrected chi connectivity index (χ0v) is 13.9. The molecule has 2 aromatic carbocycles. The van der Waals surface area contributed by atoms with E-state index in [9.17, 15) is 23.7 Å². The van der Waals surface area contributed by atoms with Gasteiger partial charge in [-0.15, -0.1) is 0 Å². The number of non-ortho nitro benzene ring substituents is 1. The number of nitrogens with one attached hydrogen (secondary N) is 1. The lowest BCUT2D eigenvalue weighted by Gasteiger charge is -2.11. The number of amides is 1. The average Bonchev–Trinajstić information content (AvgIpc) is 2.60. The SMILES string of the molecule is C/C(=N/NC(=O)c1ccc([N+](=O)[O-])cc1)c1cc(C)ccc1OC(F)F. The number of nitro benzene ring substituents is 1. The Bertz CT molecular complexity index is 852. The molecule has 2 rings (SSSR count). The van der Waals surface area contributed by atoms with Crippen molar-refractivity contribution in [3.05, 3.63) is 69.3 Å². The van der Waals surface area contributed by atoms with Crippen LogP contribution in [0.5, 0.6) is 5.75 Å². The van der Waals surface area contributed by atoms with Gasteiger partial charge in [-0.25, -0.2) is 5.43 Å². The summed E-state index contributed by atoms with van der Waals surface area (Å²) in [5.74, 6) is -0.653. The van der Waals surface area contributed by atoms with Crippen LogP contribution >= 0.6 is 0 Å². The van der Waals surface area contributed by atoms with Crippen LogP contribution in [0.4, 0.5) is 14.5 Å². The molecular weight excluding hydrogens is 348 g/mol. The van der Waals surface area contributed by atoms with Gasteiger partial charge >= 0.3 is 6.61 Å². The molecular formula is C17H15F2N3O4. The first-order chi connectivity index (χ1) is 12.3. The second-order valence-corrected chi connectivity index (χ2v) is 5.32. The topological polar surface area (TPSA) is 93.8 Å². The minimum absolute atomic E-state index is 0.0589. The average molecular weight is 363 g/mol. The van der Waals surface area contributed by atoms with Gasteiger partial charge in [-0.1, -0.05) is 11.6 Å². The van der Waals surface area contributed by atoms with Crippen molar-refractivity contribution in [2.45, 2.75) is 20.5 Å². The molecule has 0 radical (unpaired) electrons. The largest absolute Gasteiger partial charge is 0.434 e. The molecule has 0 aliphatic carbocycles. The fourth-order valence-electron chi connectivity index (χ4n) is 2.12. The van der Waals surface area contributed by atoms with Gasteiger partial charge in [0.05, 0.1) is 10.6 Å². The highest BCUT2D eigenvalue weighted by Gasteiger charge is 2.13. The highest BCUT2D eigenvalue weighted by atomic mass is 19.3. The molecule has 136 valence electrons. The Morgan fingerprint density at radius 2 is 1.88 bits per heavy atom. The van der Waals surface area contributed by atoms with Crippen molar-refractivity contribution in [1.29, 1.82) is 0 Å². The van der Waals surface area contributed by atoms with Crippen LogP contribution in [0.1, 0.15) is 28.4 Å². The maximum atomic E-state index is 12.5. The summed E-state index contributed by atoms with van der Waals surface area (Å²) in [7, 11) is 0. The Morgan fingerprint density at radius 3 is 2.46 bits per heavy atom. The van der Waals surface area contributed by atoms with Crippen molar-refractivity contribution in [2.75, 3.05) is 0 Å². The molecule has 2 aromatic rings. The first-order valence-corrected chi connectivity index (χ1v) is 7.43. The summed E-state index contributed by atoms with van der Waals surface area (Å²) in [4.78, 5) is 22.1. The molecule has 0 fully saturated rings. The van der Waals surface area contributed by atoms with Gasteiger partial charge in [0.25, 0.3) is 11.6 Å². The molecule has 0 aliphatic rings. The molecule has 0 atom stereocenters. The molecule has 0 saturated heterocycles. The van der Waals surface area contributed by atoms with E-state index in [0.29, 0.717) is 5.56 Å². The van der Waals surface area contributed by atoms with Gasteiger partial charge in [0, 0.05) is 23.3 Å². The number of rotatable bonds is 6. The van der Waals surface area contributed by atoms with Crippen molar-refractivity contribution in [3.8, 4) is 5.75 Å². The van der Waals surface area contributed by atoms with Crippen molar-refractivity contribution in [2.24, 2.45) is 5.10 Å². The van der Waals surface area contributed by atoms with E-state index in [4.69, 9.17) is 0 Å². The summed E-state index contributed by atoms with van der Waals surface area (Å²) in [6.45, 7) is 0.320. The molecule has 0 heterocycles. The van der Waals surface area contributed by atoms with Crippen LogP contribution in [0.15, 0.2) is 47.6 Å². The number of hydrogen-bond acceptors (Lipinski definition) is 5. The summed E-state index contributed by atoms with van der Waals surface area (Å²) in [6, 6.07) is 9.58. The van der Waals surface area contributed by atoms with Crippen LogP contribution < -0.4 is 10.2 Å². The highest BCUT2D eigenvalue weighted by molar-refractivity contribution is 6.02. The van der Waals surface area contributed by atoms with Gasteiger partial charge < -0.3 is 4.74 Å². The van der Waals surface area contributed by atoms with Crippen LogP contribution in [-0.2, 0) is 0 Å². The third kappa shape index (κ3) is 4.82. The fraction of sp³-hybridized carbons (Fsp3) is 0.176.